The number of esters is 1. The van der Waals surface area contributed by atoms with Crippen LogP contribution >= 0.6 is 11.6 Å². The number of benzene rings is 2. The second kappa shape index (κ2) is 10.1. The van der Waals surface area contributed by atoms with Crippen molar-refractivity contribution >= 4 is 41.0 Å². The number of carbonyl (C=O) groups excluding carboxylic acids is 4. The fourth-order valence-electron chi connectivity index (χ4n) is 3.30. The van der Waals surface area contributed by atoms with E-state index < -0.39 is 30.3 Å². The first kappa shape index (κ1) is 22.3. The summed E-state index contributed by atoms with van der Waals surface area (Å²) in [6, 6.07) is 13.9. The molecule has 31 heavy (non-hydrogen) atoms. The Morgan fingerprint density at radius 1 is 1.10 bits per heavy atom. The van der Waals surface area contributed by atoms with E-state index in [1.54, 1.807) is 23.1 Å². The lowest BCUT2D eigenvalue weighted by atomic mass is 10.1. The van der Waals surface area contributed by atoms with Crippen molar-refractivity contribution in [2.45, 2.75) is 19.8 Å². The van der Waals surface area contributed by atoms with Crippen LogP contribution in [0.1, 0.15) is 29.3 Å². The highest BCUT2D eigenvalue weighted by Crippen LogP contribution is 2.29. The third kappa shape index (κ3) is 5.40. The third-order valence-corrected chi connectivity index (χ3v) is 5.23. The van der Waals surface area contributed by atoms with Gasteiger partial charge in [-0.15, -0.1) is 0 Å². The Hall–Kier alpha value is -3.39. The number of hydrogen-bond donors (Lipinski definition) is 2. The monoisotopic (exact) mass is 443 g/mol. The zero-order valence-corrected chi connectivity index (χ0v) is 17.6. The predicted molar refractivity (Wildman–Crippen MR) is 114 cm³/mol. The van der Waals surface area contributed by atoms with Gasteiger partial charge in [-0.25, -0.2) is 0 Å². The van der Waals surface area contributed by atoms with Crippen LogP contribution in [0, 0.1) is 5.92 Å². The summed E-state index contributed by atoms with van der Waals surface area (Å²) in [5.74, 6) is -2.79. The van der Waals surface area contributed by atoms with Crippen molar-refractivity contribution in [2.24, 2.45) is 5.92 Å². The Bertz CT molecular complexity index is 1010. The Labute approximate surface area is 184 Å². The van der Waals surface area contributed by atoms with Gasteiger partial charge in [0.05, 0.1) is 16.5 Å². The van der Waals surface area contributed by atoms with E-state index in [1.165, 1.54) is 6.07 Å². The SMILES string of the molecule is CCc1ccccc1N1C[C@H](C(=O)OCC(=O)NNC(=O)c2ccccc2Cl)CC1=O. The molecule has 1 aliphatic rings. The normalized spacial score (nSPS) is 15.5. The van der Waals surface area contributed by atoms with Gasteiger partial charge in [-0.2, -0.15) is 0 Å². The smallest absolute Gasteiger partial charge is 0.311 e. The summed E-state index contributed by atoms with van der Waals surface area (Å²) in [5.41, 5.74) is 6.35. The minimum absolute atomic E-state index is 0.0156. The Morgan fingerprint density at radius 2 is 1.81 bits per heavy atom. The largest absolute Gasteiger partial charge is 0.455 e. The van der Waals surface area contributed by atoms with Crippen LogP contribution in [0.2, 0.25) is 5.02 Å². The number of carbonyl (C=O) groups is 4. The molecule has 1 saturated heterocycles. The lowest BCUT2D eigenvalue weighted by molar-refractivity contribution is -0.152. The lowest BCUT2D eigenvalue weighted by Crippen LogP contribution is -2.44. The highest BCUT2D eigenvalue weighted by Gasteiger charge is 2.37. The van der Waals surface area contributed by atoms with E-state index >= 15 is 0 Å². The number of ether oxygens (including phenoxy) is 1. The van der Waals surface area contributed by atoms with Crippen molar-refractivity contribution in [3.8, 4) is 0 Å². The molecule has 0 bridgehead atoms. The fourth-order valence-corrected chi connectivity index (χ4v) is 3.52. The molecular formula is C22H22ClN3O5. The van der Waals surface area contributed by atoms with Gasteiger partial charge >= 0.3 is 5.97 Å². The second-order valence-corrected chi connectivity index (χ2v) is 7.38. The molecule has 9 heteroatoms. The molecule has 3 amide bonds. The van der Waals surface area contributed by atoms with E-state index in [4.69, 9.17) is 16.3 Å². The minimum Gasteiger partial charge on any atom is -0.455 e. The molecule has 1 aliphatic heterocycles. The van der Waals surface area contributed by atoms with Crippen molar-refractivity contribution in [1.82, 2.24) is 10.9 Å². The maximum absolute atomic E-state index is 12.4. The topological polar surface area (TPSA) is 105 Å². The zero-order valence-electron chi connectivity index (χ0n) is 16.9. The van der Waals surface area contributed by atoms with E-state index in [0.717, 1.165) is 17.7 Å². The maximum Gasteiger partial charge on any atom is 0.311 e. The van der Waals surface area contributed by atoms with E-state index in [0.29, 0.717) is 0 Å². The van der Waals surface area contributed by atoms with Crippen LogP contribution in [0.3, 0.4) is 0 Å². The molecule has 2 N–H and O–H groups in total. The molecule has 162 valence electrons. The Morgan fingerprint density at radius 3 is 2.55 bits per heavy atom. The van der Waals surface area contributed by atoms with Crippen LogP contribution in [0.5, 0.6) is 0 Å². The number of hydrazine groups is 1. The van der Waals surface area contributed by atoms with Crippen LogP contribution in [-0.4, -0.2) is 36.8 Å². The predicted octanol–water partition coefficient (Wildman–Crippen LogP) is 2.26. The molecule has 1 atom stereocenters. The average Bonchev–Trinajstić information content (AvgIpc) is 3.17. The lowest BCUT2D eigenvalue weighted by Gasteiger charge is -2.19. The molecule has 2 aromatic rings. The van der Waals surface area contributed by atoms with Gasteiger partial charge in [0.15, 0.2) is 6.61 Å². The van der Waals surface area contributed by atoms with Gasteiger partial charge < -0.3 is 9.64 Å². The maximum atomic E-state index is 12.4. The molecule has 1 heterocycles. The molecule has 8 nitrogen and oxygen atoms in total. The second-order valence-electron chi connectivity index (χ2n) is 6.98. The Kier molecular flexibility index (Phi) is 7.25. The first-order valence-electron chi connectivity index (χ1n) is 9.79. The van der Waals surface area contributed by atoms with Gasteiger partial charge in [0.2, 0.25) is 5.91 Å². The number of aryl methyl sites for hydroxylation is 1. The molecule has 0 saturated carbocycles. The number of anilines is 1. The van der Waals surface area contributed by atoms with Crippen molar-refractivity contribution in [3.63, 3.8) is 0 Å². The van der Waals surface area contributed by atoms with Crippen molar-refractivity contribution in [3.05, 3.63) is 64.7 Å². The molecule has 0 radical (unpaired) electrons. The molecule has 2 aromatic carbocycles. The molecule has 0 aromatic heterocycles. The highest BCUT2D eigenvalue weighted by atomic mass is 35.5. The quantitative estimate of drug-likeness (QED) is 0.526. The van der Waals surface area contributed by atoms with Crippen molar-refractivity contribution in [1.29, 1.82) is 0 Å². The van der Waals surface area contributed by atoms with E-state index in [1.807, 2.05) is 31.2 Å². The van der Waals surface area contributed by atoms with Crippen LogP contribution in [0.15, 0.2) is 48.5 Å². The van der Waals surface area contributed by atoms with Crippen LogP contribution < -0.4 is 15.8 Å². The number of amides is 3. The Balaban J connectivity index is 1.48. The van der Waals surface area contributed by atoms with Crippen LogP contribution in [0.25, 0.3) is 0 Å². The summed E-state index contributed by atoms with van der Waals surface area (Å²) in [7, 11) is 0. The van der Waals surface area contributed by atoms with Crippen molar-refractivity contribution < 1.29 is 23.9 Å². The number of nitrogens with zero attached hydrogens (tertiary/aromatic N) is 1. The third-order valence-electron chi connectivity index (χ3n) is 4.90. The summed E-state index contributed by atoms with van der Waals surface area (Å²) in [5, 5.41) is 0.237. The summed E-state index contributed by atoms with van der Waals surface area (Å²) in [4.78, 5) is 50.3. The van der Waals surface area contributed by atoms with Gasteiger partial charge in [-0.1, -0.05) is 48.9 Å². The van der Waals surface area contributed by atoms with Gasteiger partial charge in [-0.3, -0.25) is 30.0 Å². The standard InChI is InChI=1S/C22H22ClN3O5/c1-2-14-7-3-6-10-18(14)26-12-15(11-20(26)28)22(30)31-13-19(27)24-25-21(29)16-8-4-5-9-17(16)23/h3-10,15H,2,11-13H2,1H3,(H,24,27)(H,25,29)/t15-/m1/s1. The number of rotatable bonds is 6. The molecule has 3 rings (SSSR count). The first-order valence-corrected chi connectivity index (χ1v) is 10.2. The van der Waals surface area contributed by atoms with E-state index in [2.05, 4.69) is 10.9 Å². The molecule has 0 unspecified atom stereocenters. The van der Waals surface area contributed by atoms with Crippen molar-refractivity contribution in [2.75, 3.05) is 18.1 Å². The molecular weight excluding hydrogens is 422 g/mol. The summed E-state index contributed by atoms with van der Waals surface area (Å²) in [6.07, 6.45) is 0.775. The first-order chi connectivity index (χ1) is 14.9. The van der Waals surface area contributed by atoms with Gasteiger partial charge in [0.25, 0.3) is 11.8 Å². The number of hydrogen-bond acceptors (Lipinski definition) is 5. The van der Waals surface area contributed by atoms with E-state index in [9.17, 15) is 19.2 Å². The molecule has 1 fully saturated rings. The number of para-hydroxylation sites is 1. The zero-order chi connectivity index (χ0) is 22.4. The van der Waals surface area contributed by atoms with Gasteiger partial charge in [0.1, 0.15) is 0 Å². The molecule has 0 spiro atoms. The summed E-state index contributed by atoms with van der Waals surface area (Å²) in [6.45, 7) is 1.60. The highest BCUT2D eigenvalue weighted by molar-refractivity contribution is 6.33. The van der Waals surface area contributed by atoms with Gasteiger partial charge in [0, 0.05) is 18.7 Å². The number of nitrogens with one attached hydrogen (secondary N) is 2. The summed E-state index contributed by atoms with van der Waals surface area (Å²) < 4.78 is 5.03. The molecule has 0 aliphatic carbocycles. The fraction of sp³-hybridized carbons (Fsp3) is 0.273. The average molecular weight is 444 g/mol. The minimum atomic E-state index is -0.716. The van der Waals surface area contributed by atoms with Crippen LogP contribution in [0.4, 0.5) is 5.69 Å². The van der Waals surface area contributed by atoms with Gasteiger partial charge in [-0.05, 0) is 30.2 Å². The number of halogens is 1. The van der Waals surface area contributed by atoms with E-state index in [-0.39, 0.29) is 29.5 Å². The van der Waals surface area contributed by atoms with Crippen LogP contribution in [-0.2, 0) is 25.5 Å². The summed E-state index contributed by atoms with van der Waals surface area (Å²) >= 11 is 5.92.